The Balaban J connectivity index is 2.11. The van der Waals surface area contributed by atoms with Gasteiger partial charge in [-0.3, -0.25) is 0 Å². The Kier molecular flexibility index (Phi) is 2.94. The van der Waals surface area contributed by atoms with E-state index < -0.39 is 0 Å². The summed E-state index contributed by atoms with van der Waals surface area (Å²) in [6.07, 6.45) is 1.06. The van der Waals surface area contributed by atoms with E-state index in [-0.39, 0.29) is 0 Å². The van der Waals surface area contributed by atoms with Crippen molar-refractivity contribution >= 4 is 17.3 Å². The SMILES string of the molecule is Cc1cccc(NC2CCOC2)c1Cl. The summed E-state index contributed by atoms with van der Waals surface area (Å²) in [5.41, 5.74) is 2.12. The Bertz CT molecular complexity index is 321. The molecule has 0 bridgehead atoms. The van der Waals surface area contributed by atoms with Gasteiger partial charge in [0.15, 0.2) is 0 Å². The summed E-state index contributed by atoms with van der Waals surface area (Å²) < 4.78 is 5.29. The van der Waals surface area contributed by atoms with E-state index in [0.717, 1.165) is 35.9 Å². The predicted octanol–water partition coefficient (Wildman–Crippen LogP) is 2.85. The summed E-state index contributed by atoms with van der Waals surface area (Å²) in [5, 5.41) is 4.21. The van der Waals surface area contributed by atoms with Gasteiger partial charge in [0.2, 0.25) is 0 Å². The fourth-order valence-corrected chi connectivity index (χ4v) is 1.81. The molecule has 0 saturated carbocycles. The zero-order valence-corrected chi connectivity index (χ0v) is 8.97. The molecule has 76 valence electrons. The number of aryl methyl sites for hydroxylation is 1. The fourth-order valence-electron chi connectivity index (χ4n) is 1.63. The quantitative estimate of drug-likeness (QED) is 0.813. The van der Waals surface area contributed by atoms with Gasteiger partial charge in [-0.25, -0.2) is 0 Å². The molecule has 1 aromatic carbocycles. The molecule has 3 heteroatoms. The molecule has 1 aliphatic rings. The molecule has 1 aromatic rings. The number of benzene rings is 1. The van der Waals surface area contributed by atoms with E-state index in [2.05, 4.69) is 5.32 Å². The summed E-state index contributed by atoms with van der Waals surface area (Å²) >= 11 is 6.17. The van der Waals surface area contributed by atoms with Crippen molar-refractivity contribution < 1.29 is 4.74 Å². The third-order valence-electron chi connectivity index (χ3n) is 2.48. The summed E-state index contributed by atoms with van der Waals surface area (Å²) in [4.78, 5) is 0. The molecule has 0 amide bonds. The minimum absolute atomic E-state index is 0.411. The molecule has 0 radical (unpaired) electrons. The van der Waals surface area contributed by atoms with Crippen molar-refractivity contribution in [2.24, 2.45) is 0 Å². The number of hydrogen-bond donors (Lipinski definition) is 1. The van der Waals surface area contributed by atoms with Crippen LogP contribution in [0.3, 0.4) is 0 Å². The van der Waals surface area contributed by atoms with Gasteiger partial charge < -0.3 is 10.1 Å². The van der Waals surface area contributed by atoms with E-state index in [1.807, 2.05) is 25.1 Å². The average molecular weight is 212 g/mol. The first kappa shape index (κ1) is 9.81. The van der Waals surface area contributed by atoms with Gasteiger partial charge in [-0.1, -0.05) is 23.7 Å². The summed E-state index contributed by atoms with van der Waals surface area (Å²) in [6.45, 7) is 3.64. The van der Waals surface area contributed by atoms with Gasteiger partial charge in [-0.05, 0) is 25.0 Å². The lowest BCUT2D eigenvalue weighted by Gasteiger charge is -2.14. The molecule has 1 heterocycles. The van der Waals surface area contributed by atoms with E-state index in [1.165, 1.54) is 0 Å². The van der Waals surface area contributed by atoms with Gasteiger partial charge in [0, 0.05) is 6.61 Å². The Morgan fingerprint density at radius 3 is 3.07 bits per heavy atom. The van der Waals surface area contributed by atoms with Crippen molar-refractivity contribution in [3.05, 3.63) is 28.8 Å². The standard InChI is InChI=1S/C11H14ClNO/c1-8-3-2-4-10(11(8)12)13-9-5-6-14-7-9/h2-4,9,13H,5-7H2,1H3. The molecule has 0 aromatic heterocycles. The fraction of sp³-hybridized carbons (Fsp3) is 0.455. The van der Waals surface area contributed by atoms with Crippen LogP contribution in [0, 0.1) is 6.92 Å². The zero-order valence-electron chi connectivity index (χ0n) is 8.22. The molecular weight excluding hydrogens is 198 g/mol. The van der Waals surface area contributed by atoms with Crippen LogP contribution in [0.5, 0.6) is 0 Å². The van der Waals surface area contributed by atoms with Gasteiger partial charge in [0.25, 0.3) is 0 Å². The lowest BCUT2D eigenvalue weighted by molar-refractivity contribution is 0.195. The van der Waals surface area contributed by atoms with Gasteiger partial charge in [-0.2, -0.15) is 0 Å². The first-order valence-corrected chi connectivity index (χ1v) is 5.24. The Morgan fingerprint density at radius 1 is 1.50 bits per heavy atom. The molecule has 2 rings (SSSR count). The molecule has 1 saturated heterocycles. The molecule has 2 nitrogen and oxygen atoms in total. The Labute approximate surface area is 89.2 Å². The number of nitrogens with one attached hydrogen (secondary N) is 1. The molecule has 1 atom stereocenters. The van der Waals surface area contributed by atoms with Crippen LogP contribution >= 0.6 is 11.6 Å². The minimum atomic E-state index is 0.411. The molecule has 1 aliphatic heterocycles. The minimum Gasteiger partial charge on any atom is -0.379 e. The van der Waals surface area contributed by atoms with Crippen LogP contribution in [0.15, 0.2) is 18.2 Å². The molecular formula is C11H14ClNO. The second-order valence-corrected chi connectivity index (χ2v) is 4.02. The number of halogens is 1. The van der Waals surface area contributed by atoms with Gasteiger partial charge >= 0.3 is 0 Å². The first-order valence-electron chi connectivity index (χ1n) is 4.87. The van der Waals surface area contributed by atoms with Crippen molar-refractivity contribution in [3.8, 4) is 0 Å². The predicted molar refractivity (Wildman–Crippen MR) is 59.0 cm³/mol. The topological polar surface area (TPSA) is 21.3 Å². The largest absolute Gasteiger partial charge is 0.379 e. The maximum Gasteiger partial charge on any atom is 0.0668 e. The van der Waals surface area contributed by atoms with Crippen LogP contribution in [-0.2, 0) is 4.74 Å². The molecule has 1 fully saturated rings. The van der Waals surface area contributed by atoms with E-state index in [9.17, 15) is 0 Å². The van der Waals surface area contributed by atoms with Crippen molar-refractivity contribution in [3.63, 3.8) is 0 Å². The molecule has 1 unspecified atom stereocenters. The van der Waals surface area contributed by atoms with Crippen molar-refractivity contribution in [1.82, 2.24) is 0 Å². The third kappa shape index (κ3) is 2.02. The van der Waals surface area contributed by atoms with Gasteiger partial charge in [-0.15, -0.1) is 0 Å². The smallest absolute Gasteiger partial charge is 0.0668 e. The zero-order chi connectivity index (χ0) is 9.97. The van der Waals surface area contributed by atoms with Crippen molar-refractivity contribution in [2.75, 3.05) is 18.5 Å². The van der Waals surface area contributed by atoms with E-state index in [0.29, 0.717) is 6.04 Å². The van der Waals surface area contributed by atoms with Crippen LogP contribution in [0.4, 0.5) is 5.69 Å². The molecule has 1 N–H and O–H groups in total. The highest BCUT2D eigenvalue weighted by Gasteiger charge is 2.16. The summed E-state index contributed by atoms with van der Waals surface area (Å²) in [5.74, 6) is 0. The number of ether oxygens (including phenoxy) is 1. The van der Waals surface area contributed by atoms with E-state index >= 15 is 0 Å². The van der Waals surface area contributed by atoms with Crippen LogP contribution in [0.2, 0.25) is 5.02 Å². The highest BCUT2D eigenvalue weighted by Crippen LogP contribution is 2.26. The van der Waals surface area contributed by atoms with E-state index in [4.69, 9.17) is 16.3 Å². The molecule has 0 aliphatic carbocycles. The monoisotopic (exact) mass is 211 g/mol. The van der Waals surface area contributed by atoms with Crippen LogP contribution in [0.1, 0.15) is 12.0 Å². The number of rotatable bonds is 2. The third-order valence-corrected chi connectivity index (χ3v) is 2.98. The van der Waals surface area contributed by atoms with Crippen molar-refractivity contribution in [2.45, 2.75) is 19.4 Å². The van der Waals surface area contributed by atoms with Gasteiger partial charge in [0.05, 0.1) is 23.4 Å². The normalized spacial score (nSPS) is 21.1. The summed E-state index contributed by atoms with van der Waals surface area (Å²) in [7, 11) is 0. The Morgan fingerprint density at radius 2 is 2.36 bits per heavy atom. The molecule has 14 heavy (non-hydrogen) atoms. The lowest BCUT2D eigenvalue weighted by Crippen LogP contribution is -2.19. The maximum absolute atomic E-state index is 6.17. The average Bonchev–Trinajstić information content (AvgIpc) is 2.66. The highest BCUT2D eigenvalue weighted by molar-refractivity contribution is 6.34. The second kappa shape index (κ2) is 4.20. The van der Waals surface area contributed by atoms with E-state index in [1.54, 1.807) is 0 Å². The number of hydrogen-bond acceptors (Lipinski definition) is 2. The van der Waals surface area contributed by atoms with Gasteiger partial charge in [0.1, 0.15) is 0 Å². The summed E-state index contributed by atoms with van der Waals surface area (Å²) in [6, 6.07) is 6.44. The molecule has 0 spiro atoms. The second-order valence-electron chi connectivity index (χ2n) is 3.64. The number of anilines is 1. The van der Waals surface area contributed by atoms with Crippen LogP contribution in [0.25, 0.3) is 0 Å². The van der Waals surface area contributed by atoms with Crippen molar-refractivity contribution in [1.29, 1.82) is 0 Å². The first-order chi connectivity index (χ1) is 6.77. The maximum atomic E-state index is 6.17. The highest BCUT2D eigenvalue weighted by atomic mass is 35.5. The lowest BCUT2D eigenvalue weighted by atomic mass is 10.2. The van der Waals surface area contributed by atoms with Crippen LogP contribution in [-0.4, -0.2) is 19.3 Å². The van der Waals surface area contributed by atoms with Crippen LogP contribution < -0.4 is 5.32 Å². The Hall–Kier alpha value is -0.730.